The maximum atomic E-state index is 13.7. The number of hydrogen-bond donors (Lipinski definition) is 0. The van der Waals surface area contributed by atoms with E-state index < -0.39 is 71.7 Å². The van der Waals surface area contributed by atoms with Crippen LogP contribution >= 0.6 is 11.6 Å². The highest BCUT2D eigenvalue weighted by atomic mass is 35.5. The van der Waals surface area contributed by atoms with E-state index in [0.717, 1.165) is 6.08 Å². The van der Waals surface area contributed by atoms with Crippen molar-refractivity contribution in [1.29, 1.82) is 0 Å². The molecular formula is C20H20ClF3N2O12. The number of rotatable bonds is 10. The second-order valence-electron chi connectivity index (χ2n) is 8.48. The van der Waals surface area contributed by atoms with Gasteiger partial charge in [-0.15, -0.1) is 20.2 Å². The number of benzene rings is 1. The molecule has 1 aromatic carbocycles. The van der Waals surface area contributed by atoms with Crippen LogP contribution in [0.5, 0.6) is 5.75 Å². The third-order valence-electron chi connectivity index (χ3n) is 4.64. The van der Waals surface area contributed by atoms with E-state index in [9.17, 15) is 43.0 Å². The standard InChI is InChI=1S/C20H20ClF3N2O12/c1-19(2,3)13-6-15-10(5-14(13)21)4-12(16(38-15)20(22,23)24)17(27)33-9-34-18(28)37-11(7-35-25(29)30)8-36-26(31)32/h4-6,11,16H,7-9H2,1-3H3/t16-/m0/s1. The van der Waals surface area contributed by atoms with Gasteiger partial charge < -0.3 is 28.6 Å². The average molecular weight is 573 g/mol. The lowest BCUT2D eigenvalue weighted by atomic mass is 9.85. The summed E-state index contributed by atoms with van der Waals surface area (Å²) in [5.74, 6) is -1.73. The number of fused-ring (bicyclic) bond motifs is 1. The van der Waals surface area contributed by atoms with Crippen LogP contribution in [0.1, 0.15) is 31.9 Å². The normalized spacial score (nSPS) is 14.9. The Kier molecular flexibility index (Phi) is 9.55. The molecule has 18 heteroatoms. The van der Waals surface area contributed by atoms with Gasteiger partial charge in [-0.3, -0.25) is 0 Å². The Morgan fingerprint density at radius 1 is 1.08 bits per heavy atom. The molecule has 0 bridgehead atoms. The number of hydrogen-bond acceptors (Lipinski definition) is 12. The number of esters is 1. The fraction of sp³-hybridized carbons (Fsp3) is 0.500. The summed E-state index contributed by atoms with van der Waals surface area (Å²) < 4.78 is 59.6. The second kappa shape index (κ2) is 12.0. The fourth-order valence-corrected chi connectivity index (χ4v) is 3.45. The fourth-order valence-electron chi connectivity index (χ4n) is 2.99. The van der Waals surface area contributed by atoms with Gasteiger partial charge in [-0.05, 0) is 29.2 Å². The van der Waals surface area contributed by atoms with Gasteiger partial charge in [0.2, 0.25) is 12.9 Å². The molecule has 1 atom stereocenters. The summed E-state index contributed by atoms with van der Waals surface area (Å²) in [5.41, 5.74) is -0.925. The van der Waals surface area contributed by atoms with Crippen molar-refractivity contribution in [2.24, 2.45) is 0 Å². The summed E-state index contributed by atoms with van der Waals surface area (Å²) in [4.78, 5) is 52.5. The van der Waals surface area contributed by atoms with Crippen molar-refractivity contribution in [3.05, 3.63) is 54.1 Å². The van der Waals surface area contributed by atoms with Gasteiger partial charge in [0.15, 0.2) is 6.10 Å². The van der Waals surface area contributed by atoms with Crippen molar-refractivity contribution in [3.63, 3.8) is 0 Å². The molecule has 0 aliphatic carbocycles. The van der Waals surface area contributed by atoms with Gasteiger partial charge in [0.05, 0.1) is 5.57 Å². The van der Waals surface area contributed by atoms with Gasteiger partial charge in [-0.1, -0.05) is 32.4 Å². The summed E-state index contributed by atoms with van der Waals surface area (Å²) >= 11 is 6.25. The SMILES string of the molecule is CC(C)(C)c1cc2c(cc1Cl)C=C(C(=O)OCOC(=O)OC(CO[N+](=O)[O-])CO[N+](=O)[O-])[C@@H](C(F)(F)F)O2. The van der Waals surface area contributed by atoms with Crippen LogP contribution < -0.4 is 4.74 Å². The van der Waals surface area contributed by atoms with E-state index in [2.05, 4.69) is 23.9 Å². The summed E-state index contributed by atoms with van der Waals surface area (Å²) in [5, 5.41) is 18.2. The molecule has 0 unspecified atom stereocenters. The summed E-state index contributed by atoms with van der Waals surface area (Å²) in [6, 6.07) is 2.67. The van der Waals surface area contributed by atoms with E-state index in [-0.39, 0.29) is 16.3 Å². The molecule has 0 aromatic heterocycles. The maximum Gasteiger partial charge on any atom is 0.511 e. The Bertz CT molecular complexity index is 1100. The summed E-state index contributed by atoms with van der Waals surface area (Å²) in [6.45, 7) is 2.16. The van der Waals surface area contributed by atoms with Crippen LogP contribution in [0.3, 0.4) is 0 Å². The van der Waals surface area contributed by atoms with Gasteiger partial charge in [-0.2, -0.15) is 13.2 Å². The van der Waals surface area contributed by atoms with E-state index in [1.807, 2.05) is 0 Å². The van der Waals surface area contributed by atoms with Crippen molar-refractivity contribution < 1.29 is 61.6 Å². The zero-order valence-electron chi connectivity index (χ0n) is 19.8. The minimum Gasteiger partial charge on any atom is -0.475 e. The first kappa shape index (κ1) is 30.2. The highest BCUT2D eigenvalue weighted by Gasteiger charge is 2.49. The zero-order chi connectivity index (χ0) is 28.8. The zero-order valence-corrected chi connectivity index (χ0v) is 20.6. The van der Waals surface area contributed by atoms with Gasteiger partial charge in [0, 0.05) is 10.6 Å². The molecule has 0 N–H and O–H groups in total. The van der Waals surface area contributed by atoms with Crippen LogP contribution in [0, 0.1) is 20.2 Å². The minimum atomic E-state index is -5.04. The molecule has 0 fully saturated rings. The predicted molar refractivity (Wildman–Crippen MR) is 117 cm³/mol. The molecular weight excluding hydrogens is 553 g/mol. The molecule has 0 spiro atoms. The molecule has 2 rings (SSSR count). The molecule has 0 saturated heterocycles. The Hall–Kier alpha value is -4.02. The van der Waals surface area contributed by atoms with Crippen LogP contribution in [0.4, 0.5) is 18.0 Å². The molecule has 1 aliphatic rings. The van der Waals surface area contributed by atoms with E-state index in [1.165, 1.54) is 12.1 Å². The predicted octanol–water partition coefficient (Wildman–Crippen LogP) is 3.78. The number of nitrogens with zero attached hydrogens (tertiary/aromatic N) is 2. The van der Waals surface area contributed by atoms with Gasteiger partial charge >= 0.3 is 18.3 Å². The number of ether oxygens (including phenoxy) is 4. The van der Waals surface area contributed by atoms with Crippen molar-refractivity contribution >= 4 is 29.8 Å². The molecule has 38 heavy (non-hydrogen) atoms. The van der Waals surface area contributed by atoms with Crippen LogP contribution in [0.25, 0.3) is 6.08 Å². The van der Waals surface area contributed by atoms with E-state index >= 15 is 0 Å². The molecule has 14 nitrogen and oxygen atoms in total. The van der Waals surface area contributed by atoms with Crippen LogP contribution in [0.2, 0.25) is 5.02 Å². The first-order valence-electron chi connectivity index (χ1n) is 10.3. The quantitative estimate of drug-likeness (QED) is 0.172. The largest absolute Gasteiger partial charge is 0.511 e. The van der Waals surface area contributed by atoms with Gasteiger partial charge in [-0.25, -0.2) is 9.59 Å². The minimum absolute atomic E-state index is 0.0650. The van der Waals surface area contributed by atoms with Crippen molar-refractivity contribution in [3.8, 4) is 5.75 Å². The lowest BCUT2D eigenvalue weighted by Crippen LogP contribution is -2.41. The van der Waals surface area contributed by atoms with E-state index in [4.69, 9.17) is 16.3 Å². The summed E-state index contributed by atoms with van der Waals surface area (Å²) in [6.07, 6.45) is -10.2. The van der Waals surface area contributed by atoms with Crippen molar-refractivity contribution in [2.45, 2.75) is 44.6 Å². The molecule has 1 heterocycles. The highest BCUT2D eigenvalue weighted by molar-refractivity contribution is 6.31. The Balaban J connectivity index is 2.11. The summed E-state index contributed by atoms with van der Waals surface area (Å²) in [7, 11) is 0. The third kappa shape index (κ3) is 8.53. The van der Waals surface area contributed by atoms with E-state index in [1.54, 1.807) is 20.8 Å². The molecule has 210 valence electrons. The molecule has 1 aliphatic heterocycles. The smallest absolute Gasteiger partial charge is 0.475 e. The highest BCUT2D eigenvalue weighted by Crippen LogP contribution is 2.42. The number of carbonyl (C=O) groups excluding carboxylic acids is 2. The number of alkyl halides is 3. The Morgan fingerprint density at radius 3 is 2.16 bits per heavy atom. The number of halogens is 4. The lowest BCUT2D eigenvalue weighted by molar-refractivity contribution is -0.768. The lowest BCUT2D eigenvalue weighted by Gasteiger charge is -2.30. The molecule has 0 saturated carbocycles. The maximum absolute atomic E-state index is 13.7. The van der Waals surface area contributed by atoms with Crippen molar-refractivity contribution in [1.82, 2.24) is 0 Å². The number of carbonyl (C=O) groups is 2. The molecule has 0 amide bonds. The first-order valence-corrected chi connectivity index (χ1v) is 10.7. The van der Waals surface area contributed by atoms with Crippen LogP contribution in [-0.4, -0.2) is 60.7 Å². The van der Waals surface area contributed by atoms with Crippen molar-refractivity contribution in [2.75, 3.05) is 20.0 Å². The molecule has 1 aromatic rings. The molecule has 0 radical (unpaired) electrons. The third-order valence-corrected chi connectivity index (χ3v) is 4.95. The van der Waals surface area contributed by atoms with Crippen LogP contribution in [-0.2, 0) is 34.1 Å². The average Bonchev–Trinajstić information content (AvgIpc) is 2.77. The first-order chi connectivity index (χ1) is 17.5. The van der Waals surface area contributed by atoms with E-state index in [0.29, 0.717) is 5.56 Å². The monoisotopic (exact) mass is 572 g/mol. The van der Waals surface area contributed by atoms with Gasteiger partial charge in [0.1, 0.15) is 19.0 Å². The second-order valence-corrected chi connectivity index (χ2v) is 8.89. The van der Waals surface area contributed by atoms with Crippen LogP contribution in [0.15, 0.2) is 17.7 Å². The topological polar surface area (TPSA) is 176 Å². The Morgan fingerprint density at radius 2 is 1.66 bits per heavy atom. The Labute approximate surface area is 216 Å². The van der Waals surface area contributed by atoms with Gasteiger partial charge in [0.25, 0.3) is 10.2 Å².